The molecule has 13 heavy (non-hydrogen) atoms. The first-order valence-corrected chi connectivity index (χ1v) is 4.53. The van der Waals surface area contributed by atoms with E-state index >= 15 is 0 Å². The molecule has 2 atom stereocenters. The van der Waals surface area contributed by atoms with E-state index in [1.807, 2.05) is 0 Å². The maximum absolute atomic E-state index is 10.3. The average molecular weight is 210 g/mol. The molecule has 0 aliphatic carbocycles. The van der Waals surface area contributed by atoms with Crippen LogP contribution in [0.2, 0.25) is 0 Å². The molecule has 3 N–H and O–H groups in total. The van der Waals surface area contributed by atoms with Gasteiger partial charge >= 0.3 is 5.97 Å². The van der Waals surface area contributed by atoms with Crippen molar-refractivity contribution in [1.29, 1.82) is 0 Å². The molecular weight excluding hydrogens is 190 g/mol. The summed E-state index contributed by atoms with van der Waals surface area (Å²) < 4.78 is 0. The molecule has 0 spiro atoms. The molecule has 0 aromatic heterocycles. The van der Waals surface area contributed by atoms with Crippen molar-refractivity contribution in [3.05, 3.63) is 0 Å². The summed E-state index contributed by atoms with van der Waals surface area (Å²) in [6, 6.07) is -0.177. The zero-order valence-corrected chi connectivity index (χ0v) is 9.14. The second-order valence-electron chi connectivity index (χ2n) is 3.49. The summed E-state index contributed by atoms with van der Waals surface area (Å²) in [6.45, 7) is 4.24. The highest BCUT2D eigenvalue weighted by Gasteiger charge is 2.11. The predicted molar refractivity (Wildman–Crippen MR) is 56.2 cm³/mol. The highest BCUT2D eigenvalue weighted by molar-refractivity contribution is 5.85. The molecule has 0 aliphatic rings. The Kier molecular flexibility index (Phi) is 9.74. The summed E-state index contributed by atoms with van der Waals surface area (Å²) in [5.74, 6) is -0.254. The van der Waals surface area contributed by atoms with Crippen molar-refractivity contribution in [2.75, 3.05) is 0 Å². The van der Waals surface area contributed by atoms with Gasteiger partial charge in [0.05, 0.1) is 6.42 Å². The van der Waals surface area contributed by atoms with Gasteiger partial charge in [0, 0.05) is 6.04 Å². The molecule has 0 aromatic carbocycles. The number of hydrogen-bond acceptors (Lipinski definition) is 2. The molecule has 0 heterocycles. The Balaban J connectivity index is 0. The van der Waals surface area contributed by atoms with Crippen molar-refractivity contribution in [2.24, 2.45) is 11.7 Å². The van der Waals surface area contributed by atoms with Gasteiger partial charge in [-0.3, -0.25) is 4.79 Å². The van der Waals surface area contributed by atoms with Crippen LogP contribution >= 0.6 is 12.4 Å². The van der Waals surface area contributed by atoms with E-state index in [0.717, 1.165) is 19.3 Å². The SMILES string of the molecule is CCCC(C)CC(N)CC(=O)O.Cl. The van der Waals surface area contributed by atoms with Crippen molar-refractivity contribution >= 4 is 18.4 Å². The predicted octanol–water partition coefficient (Wildman–Crippen LogP) is 2.04. The van der Waals surface area contributed by atoms with Crippen molar-refractivity contribution in [2.45, 2.75) is 45.6 Å². The van der Waals surface area contributed by atoms with Crippen LogP contribution in [0.3, 0.4) is 0 Å². The summed E-state index contributed by atoms with van der Waals surface area (Å²) in [7, 11) is 0. The molecule has 0 saturated carbocycles. The molecule has 0 saturated heterocycles. The molecule has 3 nitrogen and oxygen atoms in total. The fourth-order valence-corrected chi connectivity index (χ4v) is 1.44. The zero-order chi connectivity index (χ0) is 9.56. The monoisotopic (exact) mass is 209 g/mol. The summed E-state index contributed by atoms with van der Waals surface area (Å²) >= 11 is 0. The third-order valence-electron chi connectivity index (χ3n) is 1.92. The lowest BCUT2D eigenvalue weighted by molar-refractivity contribution is -0.137. The van der Waals surface area contributed by atoms with Gasteiger partial charge in [-0.05, 0) is 12.3 Å². The normalized spacial score (nSPS) is 14.4. The van der Waals surface area contributed by atoms with Gasteiger partial charge < -0.3 is 10.8 Å². The fraction of sp³-hybridized carbons (Fsp3) is 0.889. The quantitative estimate of drug-likeness (QED) is 0.704. The van der Waals surface area contributed by atoms with Crippen LogP contribution in [0.1, 0.15) is 39.5 Å². The number of carboxylic acid groups (broad SMARTS) is 1. The number of hydrogen-bond donors (Lipinski definition) is 2. The Morgan fingerprint density at radius 2 is 2.08 bits per heavy atom. The molecular formula is C9H20ClNO2. The molecule has 2 unspecified atom stereocenters. The van der Waals surface area contributed by atoms with Gasteiger partial charge in [0.1, 0.15) is 0 Å². The van der Waals surface area contributed by atoms with Crippen LogP contribution in [0.25, 0.3) is 0 Å². The van der Waals surface area contributed by atoms with E-state index in [1.54, 1.807) is 0 Å². The largest absolute Gasteiger partial charge is 0.481 e. The summed E-state index contributed by atoms with van der Waals surface area (Å²) in [4.78, 5) is 10.3. The smallest absolute Gasteiger partial charge is 0.304 e. The number of carbonyl (C=O) groups is 1. The maximum Gasteiger partial charge on any atom is 0.304 e. The molecule has 4 heteroatoms. The van der Waals surface area contributed by atoms with Crippen LogP contribution in [0.15, 0.2) is 0 Å². The molecule has 0 radical (unpaired) electrons. The maximum atomic E-state index is 10.3. The third kappa shape index (κ3) is 9.64. The summed E-state index contributed by atoms with van der Waals surface area (Å²) in [6.07, 6.45) is 3.18. The van der Waals surface area contributed by atoms with E-state index in [1.165, 1.54) is 0 Å². The van der Waals surface area contributed by atoms with Crippen LogP contribution in [-0.2, 0) is 4.79 Å². The van der Waals surface area contributed by atoms with Gasteiger partial charge in [0.25, 0.3) is 0 Å². The Morgan fingerprint density at radius 3 is 2.46 bits per heavy atom. The van der Waals surface area contributed by atoms with Crippen molar-refractivity contribution in [3.63, 3.8) is 0 Å². The number of carboxylic acids is 1. The van der Waals surface area contributed by atoms with Gasteiger partial charge in [0.15, 0.2) is 0 Å². The van der Waals surface area contributed by atoms with Gasteiger partial charge in [0.2, 0.25) is 0 Å². The van der Waals surface area contributed by atoms with E-state index in [9.17, 15) is 4.79 Å². The van der Waals surface area contributed by atoms with E-state index in [2.05, 4.69) is 13.8 Å². The first kappa shape index (κ1) is 15.2. The van der Waals surface area contributed by atoms with E-state index in [4.69, 9.17) is 10.8 Å². The van der Waals surface area contributed by atoms with Gasteiger partial charge in [-0.2, -0.15) is 0 Å². The Hall–Kier alpha value is -0.280. The van der Waals surface area contributed by atoms with Crippen LogP contribution in [0.5, 0.6) is 0 Å². The lowest BCUT2D eigenvalue weighted by Gasteiger charge is -2.14. The second-order valence-corrected chi connectivity index (χ2v) is 3.49. The highest BCUT2D eigenvalue weighted by atomic mass is 35.5. The van der Waals surface area contributed by atoms with E-state index < -0.39 is 5.97 Å². The Labute approximate surface area is 86.1 Å². The van der Waals surface area contributed by atoms with Gasteiger partial charge in [-0.1, -0.05) is 26.7 Å². The molecule has 0 bridgehead atoms. The minimum absolute atomic E-state index is 0. The number of rotatable bonds is 6. The lowest BCUT2D eigenvalue weighted by atomic mass is 9.96. The first-order chi connectivity index (χ1) is 5.56. The first-order valence-electron chi connectivity index (χ1n) is 4.53. The Morgan fingerprint density at radius 1 is 1.54 bits per heavy atom. The van der Waals surface area contributed by atoms with Crippen LogP contribution in [0, 0.1) is 5.92 Å². The van der Waals surface area contributed by atoms with Crippen molar-refractivity contribution in [3.8, 4) is 0 Å². The van der Waals surface area contributed by atoms with Crippen LogP contribution in [0.4, 0.5) is 0 Å². The van der Waals surface area contributed by atoms with Gasteiger partial charge in [-0.15, -0.1) is 12.4 Å². The van der Waals surface area contributed by atoms with Gasteiger partial charge in [-0.25, -0.2) is 0 Å². The highest BCUT2D eigenvalue weighted by Crippen LogP contribution is 2.12. The molecule has 80 valence electrons. The third-order valence-corrected chi connectivity index (χ3v) is 1.92. The topological polar surface area (TPSA) is 63.3 Å². The van der Waals surface area contributed by atoms with E-state index in [0.29, 0.717) is 5.92 Å². The van der Waals surface area contributed by atoms with Crippen LogP contribution < -0.4 is 5.73 Å². The number of halogens is 1. The minimum Gasteiger partial charge on any atom is -0.481 e. The molecule has 0 rings (SSSR count). The fourth-order valence-electron chi connectivity index (χ4n) is 1.44. The Bertz CT molecular complexity index is 142. The standard InChI is InChI=1S/C9H19NO2.ClH/c1-3-4-7(2)5-8(10)6-9(11)12;/h7-8H,3-6,10H2,1-2H3,(H,11,12);1H. The van der Waals surface area contributed by atoms with Crippen molar-refractivity contribution < 1.29 is 9.90 Å². The zero-order valence-electron chi connectivity index (χ0n) is 8.32. The summed E-state index contributed by atoms with van der Waals surface area (Å²) in [5.41, 5.74) is 5.62. The second kappa shape index (κ2) is 8.32. The van der Waals surface area contributed by atoms with Crippen LogP contribution in [-0.4, -0.2) is 17.1 Å². The molecule has 0 aliphatic heterocycles. The van der Waals surface area contributed by atoms with Crippen molar-refractivity contribution in [1.82, 2.24) is 0 Å². The van der Waals surface area contributed by atoms with E-state index in [-0.39, 0.29) is 24.9 Å². The molecule has 0 aromatic rings. The molecule has 0 fully saturated rings. The average Bonchev–Trinajstić information content (AvgIpc) is 1.84. The lowest BCUT2D eigenvalue weighted by Crippen LogP contribution is -2.25. The number of nitrogens with two attached hydrogens (primary N) is 1. The number of aliphatic carboxylic acids is 1. The molecule has 0 amide bonds. The summed E-state index contributed by atoms with van der Waals surface area (Å²) in [5, 5.41) is 8.45. The minimum atomic E-state index is -0.800.